The van der Waals surface area contributed by atoms with Crippen molar-refractivity contribution in [3.05, 3.63) is 60.0 Å². The summed E-state index contributed by atoms with van der Waals surface area (Å²) < 4.78 is 2.08. The molecule has 0 bridgehead atoms. The van der Waals surface area contributed by atoms with E-state index >= 15 is 0 Å². The molecule has 0 spiro atoms. The Bertz CT molecular complexity index is 933. The number of hydrogen-bond donors (Lipinski definition) is 0. The number of carbonyl (C=O) groups is 1. The number of carbonyl (C=O) groups excluding carboxylic acids is 1. The molecule has 0 N–H and O–H groups in total. The van der Waals surface area contributed by atoms with Gasteiger partial charge in [-0.25, -0.2) is 0 Å². The molecule has 0 unspecified atom stereocenters. The molecule has 1 amide bonds. The molecule has 1 atom stereocenters. The largest absolute Gasteiger partial charge is 0.331 e. The first-order valence-corrected chi connectivity index (χ1v) is 8.93. The van der Waals surface area contributed by atoms with Crippen LogP contribution < -0.4 is 0 Å². The van der Waals surface area contributed by atoms with Crippen molar-refractivity contribution >= 4 is 16.8 Å². The SMILES string of the molecule is CN(C)CC[C@@H]1CN(C(=O)c2cnc3ccccc3c2)Cc2ccnn21. The van der Waals surface area contributed by atoms with E-state index in [9.17, 15) is 4.79 Å². The van der Waals surface area contributed by atoms with Crippen molar-refractivity contribution < 1.29 is 4.79 Å². The van der Waals surface area contributed by atoms with Crippen molar-refractivity contribution in [3.8, 4) is 0 Å². The van der Waals surface area contributed by atoms with E-state index in [1.54, 1.807) is 6.20 Å². The van der Waals surface area contributed by atoms with E-state index in [0.717, 1.165) is 29.6 Å². The zero-order valence-corrected chi connectivity index (χ0v) is 15.2. The lowest BCUT2D eigenvalue weighted by atomic mass is 10.1. The fourth-order valence-corrected chi connectivity index (χ4v) is 3.53. The lowest BCUT2D eigenvalue weighted by Crippen LogP contribution is -2.42. The van der Waals surface area contributed by atoms with Gasteiger partial charge in [0.1, 0.15) is 0 Å². The highest BCUT2D eigenvalue weighted by atomic mass is 16.2. The van der Waals surface area contributed by atoms with Crippen molar-refractivity contribution in [3.63, 3.8) is 0 Å². The molecule has 6 nitrogen and oxygen atoms in total. The van der Waals surface area contributed by atoms with E-state index in [1.165, 1.54) is 0 Å². The Balaban J connectivity index is 1.59. The summed E-state index contributed by atoms with van der Waals surface area (Å²) >= 11 is 0. The molecule has 0 saturated carbocycles. The molecule has 1 aliphatic rings. The maximum absolute atomic E-state index is 13.1. The minimum absolute atomic E-state index is 0.0329. The van der Waals surface area contributed by atoms with Gasteiger partial charge in [-0.3, -0.25) is 14.5 Å². The zero-order chi connectivity index (χ0) is 18.1. The summed E-state index contributed by atoms with van der Waals surface area (Å²) in [5, 5.41) is 5.46. The second-order valence-electron chi connectivity index (χ2n) is 7.12. The van der Waals surface area contributed by atoms with Gasteiger partial charge in [-0.05, 0) is 45.3 Å². The number of benzene rings is 1. The van der Waals surface area contributed by atoms with Crippen LogP contribution in [0.4, 0.5) is 0 Å². The maximum Gasteiger partial charge on any atom is 0.255 e. The number of para-hydroxylation sites is 1. The quantitative estimate of drug-likeness (QED) is 0.726. The van der Waals surface area contributed by atoms with Gasteiger partial charge in [-0.15, -0.1) is 0 Å². The van der Waals surface area contributed by atoms with Gasteiger partial charge < -0.3 is 9.80 Å². The van der Waals surface area contributed by atoms with E-state index in [4.69, 9.17) is 0 Å². The number of hydrogen-bond acceptors (Lipinski definition) is 4. The summed E-state index contributed by atoms with van der Waals surface area (Å²) in [5.74, 6) is 0.0329. The second-order valence-corrected chi connectivity index (χ2v) is 7.12. The smallest absolute Gasteiger partial charge is 0.255 e. The average molecular weight is 349 g/mol. The predicted octanol–water partition coefficient (Wildman–Crippen LogP) is 2.58. The fourth-order valence-electron chi connectivity index (χ4n) is 3.53. The number of fused-ring (bicyclic) bond motifs is 2. The highest BCUT2D eigenvalue weighted by molar-refractivity contribution is 5.97. The molecule has 1 aliphatic heterocycles. The maximum atomic E-state index is 13.1. The van der Waals surface area contributed by atoms with Crippen molar-refractivity contribution in [1.82, 2.24) is 24.6 Å². The molecule has 6 heteroatoms. The Morgan fingerprint density at radius 3 is 2.96 bits per heavy atom. The first kappa shape index (κ1) is 16.7. The van der Waals surface area contributed by atoms with Gasteiger partial charge in [0.2, 0.25) is 0 Å². The molecule has 26 heavy (non-hydrogen) atoms. The highest BCUT2D eigenvalue weighted by Gasteiger charge is 2.29. The van der Waals surface area contributed by atoms with Gasteiger partial charge in [0.25, 0.3) is 5.91 Å². The normalized spacial score (nSPS) is 16.9. The van der Waals surface area contributed by atoms with Gasteiger partial charge in [0.15, 0.2) is 0 Å². The summed E-state index contributed by atoms with van der Waals surface area (Å²) in [6.45, 7) is 2.22. The summed E-state index contributed by atoms with van der Waals surface area (Å²) in [5.41, 5.74) is 2.63. The Morgan fingerprint density at radius 1 is 1.27 bits per heavy atom. The summed E-state index contributed by atoms with van der Waals surface area (Å²) in [6, 6.07) is 12.0. The molecular weight excluding hydrogens is 326 g/mol. The Labute approximate surface area is 153 Å². The van der Waals surface area contributed by atoms with Gasteiger partial charge in [-0.2, -0.15) is 5.10 Å². The Morgan fingerprint density at radius 2 is 2.12 bits per heavy atom. The molecule has 3 aromatic rings. The topological polar surface area (TPSA) is 54.3 Å². The molecular formula is C20H23N5O. The van der Waals surface area contributed by atoms with E-state index in [2.05, 4.69) is 33.8 Å². The van der Waals surface area contributed by atoms with Crippen LogP contribution in [0.3, 0.4) is 0 Å². The Kier molecular flexibility index (Phi) is 4.42. The van der Waals surface area contributed by atoms with Crippen LogP contribution in [0.5, 0.6) is 0 Å². The van der Waals surface area contributed by atoms with Crippen LogP contribution in [0.1, 0.15) is 28.5 Å². The van der Waals surface area contributed by atoms with Crippen LogP contribution in [-0.2, 0) is 6.54 Å². The van der Waals surface area contributed by atoms with Gasteiger partial charge in [-0.1, -0.05) is 18.2 Å². The molecule has 0 fully saturated rings. The summed E-state index contributed by atoms with van der Waals surface area (Å²) in [4.78, 5) is 21.6. The van der Waals surface area contributed by atoms with E-state index < -0.39 is 0 Å². The first-order chi connectivity index (χ1) is 12.6. The van der Waals surface area contributed by atoms with Gasteiger partial charge >= 0.3 is 0 Å². The molecule has 0 radical (unpaired) electrons. The number of aromatic nitrogens is 3. The van der Waals surface area contributed by atoms with Crippen molar-refractivity contribution in [2.75, 3.05) is 27.2 Å². The summed E-state index contributed by atoms with van der Waals surface area (Å²) in [6.07, 6.45) is 4.47. The molecule has 0 saturated heterocycles. The van der Waals surface area contributed by atoms with Gasteiger partial charge in [0.05, 0.1) is 29.4 Å². The molecule has 2 aromatic heterocycles. The lowest BCUT2D eigenvalue weighted by Gasteiger charge is -2.34. The van der Waals surface area contributed by atoms with Crippen molar-refractivity contribution in [2.45, 2.75) is 19.0 Å². The number of rotatable bonds is 4. The van der Waals surface area contributed by atoms with E-state index in [0.29, 0.717) is 18.7 Å². The fraction of sp³-hybridized carbons (Fsp3) is 0.350. The Hall–Kier alpha value is -2.73. The number of amides is 1. The van der Waals surface area contributed by atoms with Crippen molar-refractivity contribution in [1.29, 1.82) is 0 Å². The van der Waals surface area contributed by atoms with E-state index in [1.807, 2.05) is 47.5 Å². The van der Waals surface area contributed by atoms with Crippen LogP contribution in [0.25, 0.3) is 10.9 Å². The third-order valence-electron chi connectivity index (χ3n) is 4.92. The first-order valence-electron chi connectivity index (χ1n) is 8.93. The van der Waals surface area contributed by atoms with Gasteiger partial charge in [0, 0.05) is 24.3 Å². The molecule has 4 rings (SSSR count). The van der Waals surface area contributed by atoms with Crippen LogP contribution in [0, 0.1) is 0 Å². The standard InChI is InChI=1S/C20H23N5O/c1-23(2)10-8-18-14-24(13-17-7-9-22-25(17)18)20(26)16-11-15-5-3-4-6-19(15)21-12-16/h3-7,9,11-12,18H,8,10,13-14H2,1-2H3/t18-/m1/s1. The minimum atomic E-state index is 0.0329. The van der Waals surface area contributed by atoms with Crippen molar-refractivity contribution in [2.24, 2.45) is 0 Å². The second kappa shape index (κ2) is 6.88. The zero-order valence-electron chi connectivity index (χ0n) is 15.2. The molecule has 3 heterocycles. The molecule has 1 aromatic carbocycles. The van der Waals surface area contributed by atoms with Crippen LogP contribution in [0.15, 0.2) is 48.8 Å². The molecule has 134 valence electrons. The third-order valence-corrected chi connectivity index (χ3v) is 4.92. The number of nitrogens with zero attached hydrogens (tertiary/aromatic N) is 5. The lowest BCUT2D eigenvalue weighted by molar-refractivity contribution is 0.0659. The third kappa shape index (κ3) is 3.20. The predicted molar refractivity (Wildman–Crippen MR) is 101 cm³/mol. The van der Waals surface area contributed by atoms with Crippen LogP contribution in [-0.4, -0.2) is 57.7 Å². The van der Waals surface area contributed by atoms with E-state index in [-0.39, 0.29) is 11.9 Å². The average Bonchev–Trinajstić information content (AvgIpc) is 3.13. The molecule has 0 aliphatic carbocycles. The monoisotopic (exact) mass is 349 g/mol. The highest BCUT2D eigenvalue weighted by Crippen LogP contribution is 2.25. The summed E-state index contributed by atoms with van der Waals surface area (Å²) in [7, 11) is 4.13. The van der Waals surface area contributed by atoms with Crippen LogP contribution >= 0.6 is 0 Å². The van der Waals surface area contributed by atoms with Crippen LogP contribution in [0.2, 0.25) is 0 Å². The number of pyridine rings is 1. The minimum Gasteiger partial charge on any atom is -0.331 e.